The Hall–Kier alpha value is -2.19. The van der Waals surface area contributed by atoms with Crippen molar-refractivity contribution in [3.63, 3.8) is 0 Å². The second-order valence-electron chi connectivity index (χ2n) is 4.08. The lowest BCUT2D eigenvalue weighted by atomic mass is 10.3. The molecular weight excluding hydrogens is 302 g/mol. The molecule has 3 N–H and O–H groups in total. The van der Waals surface area contributed by atoms with Crippen LogP contribution in [0.1, 0.15) is 0 Å². The van der Waals surface area contributed by atoms with Crippen LogP contribution in [0.3, 0.4) is 0 Å². The number of nitrogens with two attached hydrogens (primary N) is 1. The van der Waals surface area contributed by atoms with Crippen molar-refractivity contribution in [1.29, 1.82) is 0 Å². The second kappa shape index (κ2) is 5.66. The molecule has 0 heterocycles. The highest BCUT2D eigenvalue weighted by Crippen LogP contribution is 2.31. The van der Waals surface area contributed by atoms with E-state index in [9.17, 15) is 17.2 Å². The summed E-state index contributed by atoms with van der Waals surface area (Å²) < 4.78 is 57.0. The van der Waals surface area contributed by atoms with Crippen molar-refractivity contribution in [2.24, 2.45) is 0 Å². The number of hydrogen-bond donors (Lipinski definition) is 2. The van der Waals surface area contributed by atoms with Crippen molar-refractivity contribution in [2.75, 3.05) is 12.8 Å². The minimum absolute atomic E-state index is 0.0185. The third-order valence-corrected chi connectivity index (χ3v) is 4.09. The van der Waals surface area contributed by atoms with Gasteiger partial charge in [-0.15, -0.1) is 0 Å². The van der Waals surface area contributed by atoms with Crippen molar-refractivity contribution in [2.45, 2.75) is 4.90 Å². The van der Waals surface area contributed by atoms with E-state index in [1.54, 1.807) is 0 Å². The Morgan fingerprint density at radius 2 is 1.81 bits per heavy atom. The van der Waals surface area contributed by atoms with Gasteiger partial charge in [-0.2, -0.15) is 0 Å². The molecule has 5 nitrogen and oxygen atoms in total. The van der Waals surface area contributed by atoms with Crippen molar-refractivity contribution in [1.82, 2.24) is 4.72 Å². The SMILES string of the molecule is CNS(=O)(=O)c1ccc(Oc2cc(F)ccc2F)c(N)c1. The van der Waals surface area contributed by atoms with Gasteiger partial charge < -0.3 is 10.5 Å². The van der Waals surface area contributed by atoms with Crippen molar-refractivity contribution in [3.05, 3.63) is 48.0 Å². The molecule has 0 atom stereocenters. The quantitative estimate of drug-likeness (QED) is 0.848. The van der Waals surface area contributed by atoms with Gasteiger partial charge in [0.15, 0.2) is 17.3 Å². The van der Waals surface area contributed by atoms with E-state index in [0.29, 0.717) is 0 Å². The molecule has 0 aliphatic carbocycles. The molecule has 8 heteroatoms. The molecule has 0 bridgehead atoms. The van der Waals surface area contributed by atoms with E-state index in [2.05, 4.69) is 4.72 Å². The molecule has 0 unspecified atom stereocenters. The Balaban J connectivity index is 2.36. The van der Waals surface area contributed by atoms with Crippen LogP contribution in [0.2, 0.25) is 0 Å². The zero-order chi connectivity index (χ0) is 15.6. The Morgan fingerprint density at radius 3 is 2.43 bits per heavy atom. The fourth-order valence-electron chi connectivity index (χ4n) is 1.58. The lowest BCUT2D eigenvalue weighted by molar-refractivity contribution is 0.438. The first-order chi connectivity index (χ1) is 9.83. The summed E-state index contributed by atoms with van der Waals surface area (Å²) in [5.74, 6) is -1.75. The number of nitrogen functional groups attached to an aromatic ring is 1. The van der Waals surface area contributed by atoms with Crippen LogP contribution < -0.4 is 15.2 Å². The number of hydrogen-bond acceptors (Lipinski definition) is 4. The number of ether oxygens (including phenoxy) is 1. The van der Waals surface area contributed by atoms with Gasteiger partial charge in [0.05, 0.1) is 10.6 Å². The number of anilines is 1. The number of nitrogens with one attached hydrogen (secondary N) is 1. The highest BCUT2D eigenvalue weighted by molar-refractivity contribution is 7.89. The number of sulfonamides is 1. The number of benzene rings is 2. The lowest BCUT2D eigenvalue weighted by Gasteiger charge is -2.11. The average Bonchev–Trinajstić information content (AvgIpc) is 2.44. The first kappa shape index (κ1) is 15.2. The molecule has 0 aliphatic rings. The van der Waals surface area contributed by atoms with Crippen LogP contribution in [0.15, 0.2) is 41.3 Å². The van der Waals surface area contributed by atoms with Crippen molar-refractivity contribution in [3.8, 4) is 11.5 Å². The summed E-state index contributed by atoms with van der Waals surface area (Å²) in [5, 5.41) is 0. The molecule has 0 fully saturated rings. The highest BCUT2D eigenvalue weighted by atomic mass is 32.2. The smallest absolute Gasteiger partial charge is 0.240 e. The van der Waals surface area contributed by atoms with Crippen LogP contribution >= 0.6 is 0 Å². The van der Waals surface area contributed by atoms with Crippen LogP contribution in [0.4, 0.5) is 14.5 Å². The first-order valence-electron chi connectivity index (χ1n) is 5.79. The van der Waals surface area contributed by atoms with Gasteiger partial charge in [-0.25, -0.2) is 21.9 Å². The van der Waals surface area contributed by atoms with Crippen LogP contribution in [-0.2, 0) is 10.0 Å². The molecule has 21 heavy (non-hydrogen) atoms. The topological polar surface area (TPSA) is 81.4 Å². The van der Waals surface area contributed by atoms with Gasteiger partial charge in [0.1, 0.15) is 5.82 Å². The predicted molar refractivity (Wildman–Crippen MR) is 73.5 cm³/mol. The maximum Gasteiger partial charge on any atom is 0.240 e. The largest absolute Gasteiger partial charge is 0.452 e. The van der Waals surface area contributed by atoms with E-state index in [-0.39, 0.29) is 22.1 Å². The molecule has 2 rings (SSSR count). The van der Waals surface area contributed by atoms with Gasteiger partial charge in [-0.05, 0) is 37.4 Å². The predicted octanol–water partition coefficient (Wildman–Crippen LogP) is 2.25. The molecule has 0 aliphatic heterocycles. The zero-order valence-corrected chi connectivity index (χ0v) is 11.7. The third kappa shape index (κ3) is 3.29. The summed E-state index contributed by atoms with van der Waals surface area (Å²) in [6.07, 6.45) is 0. The summed E-state index contributed by atoms with van der Waals surface area (Å²) in [6, 6.07) is 6.42. The molecule has 2 aromatic carbocycles. The summed E-state index contributed by atoms with van der Waals surface area (Å²) in [7, 11) is -2.38. The van der Waals surface area contributed by atoms with Crippen LogP contribution in [-0.4, -0.2) is 15.5 Å². The second-order valence-corrected chi connectivity index (χ2v) is 5.97. The molecule has 0 saturated carbocycles. The van der Waals surface area contributed by atoms with E-state index in [0.717, 1.165) is 18.2 Å². The summed E-state index contributed by atoms with van der Waals surface area (Å²) >= 11 is 0. The highest BCUT2D eigenvalue weighted by Gasteiger charge is 2.15. The van der Waals surface area contributed by atoms with E-state index >= 15 is 0 Å². The number of rotatable bonds is 4. The summed E-state index contributed by atoms with van der Waals surface area (Å²) in [4.78, 5) is -0.0606. The Bertz CT molecular complexity index is 779. The standard InChI is InChI=1S/C13H12F2N2O3S/c1-17-21(18,19)9-3-5-12(11(16)7-9)20-13-6-8(14)2-4-10(13)15/h2-7,17H,16H2,1H3. The van der Waals surface area contributed by atoms with E-state index < -0.39 is 21.7 Å². The van der Waals surface area contributed by atoms with Gasteiger partial charge in [0.2, 0.25) is 10.0 Å². The number of halogens is 2. The van der Waals surface area contributed by atoms with Gasteiger partial charge >= 0.3 is 0 Å². The monoisotopic (exact) mass is 314 g/mol. The van der Waals surface area contributed by atoms with E-state index in [4.69, 9.17) is 10.5 Å². The van der Waals surface area contributed by atoms with E-state index in [1.807, 2.05) is 0 Å². The summed E-state index contributed by atoms with van der Waals surface area (Å²) in [6.45, 7) is 0. The Kier molecular flexibility index (Phi) is 4.10. The molecule has 112 valence electrons. The van der Waals surface area contributed by atoms with Gasteiger partial charge in [-0.1, -0.05) is 0 Å². The first-order valence-corrected chi connectivity index (χ1v) is 7.28. The molecule has 2 aromatic rings. The van der Waals surface area contributed by atoms with Crippen molar-refractivity contribution < 1.29 is 21.9 Å². The third-order valence-electron chi connectivity index (χ3n) is 2.67. The zero-order valence-electron chi connectivity index (χ0n) is 10.9. The van der Waals surface area contributed by atoms with Gasteiger partial charge in [0, 0.05) is 6.07 Å². The van der Waals surface area contributed by atoms with E-state index in [1.165, 1.54) is 25.2 Å². The average molecular weight is 314 g/mol. The molecule has 0 amide bonds. The minimum atomic E-state index is -3.64. The van der Waals surface area contributed by atoms with Crippen LogP contribution in [0.25, 0.3) is 0 Å². The minimum Gasteiger partial charge on any atom is -0.452 e. The fourth-order valence-corrected chi connectivity index (χ4v) is 2.34. The molecular formula is C13H12F2N2O3S. The lowest BCUT2D eigenvalue weighted by Crippen LogP contribution is -2.18. The maximum atomic E-state index is 13.5. The molecule has 0 aromatic heterocycles. The molecule has 0 saturated heterocycles. The Labute approximate surface area is 120 Å². The van der Waals surface area contributed by atoms with Crippen LogP contribution in [0.5, 0.6) is 11.5 Å². The van der Waals surface area contributed by atoms with Crippen molar-refractivity contribution >= 4 is 15.7 Å². The normalized spacial score (nSPS) is 11.4. The van der Waals surface area contributed by atoms with Crippen LogP contribution in [0, 0.1) is 11.6 Å². The van der Waals surface area contributed by atoms with Gasteiger partial charge in [-0.3, -0.25) is 0 Å². The Morgan fingerprint density at radius 1 is 1.10 bits per heavy atom. The fraction of sp³-hybridized carbons (Fsp3) is 0.0769. The maximum absolute atomic E-state index is 13.5. The summed E-state index contributed by atoms with van der Waals surface area (Å²) in [5.41, 5.74) is 5.66. The molecule has 0 spiro atoms. The molecule has 0 radical (unpaired) electrons. The van der Waals surface area contributed by atoms with Gasteiger partial charge in [0.25, 0.3) is 0 Å².